The molecule has 0 saturated heterocycles. The molecule has 0 amide bonds. The lowest BCUT2D eigenvalue weighted by Gasteiger charge is -2.08. The molecule has 2 aromatic rings. The van der Waals surface area contributed by atoms with E-state index in [4.69, 9.17) is 5.73 Å². The second-order valence-electron chi connectivity index (χ2n) is 3.65. The van der Waals surface area contributed by atoms with Crippen LogP contribution < -0.4 is 11.1 Å². The summed E-state index contributed by atoms with van der Waals surface area (Å²) in [7, 11) is 0. The lowest BCUT2D eigenvalue weighted by atomic mass is 10.2. The Hall–Kier alpha value is -1.26. The number of nitrogens with two attached hydrogens (primary N) is 1. The Morgan fingerprint density at radius 2 is 2.19 bits per heavy atom. The number of benzene rings is 1. The van der Waals surface area contributed by atoms with Crippen LogP contribution in [0.15, 0.2) is 34.9 Å². The first kappa shape index (κ1) is 11.2. The number of rotatable bonds is 3. The van der Waals surface area contributed by atoms with E-state index in [1.54, 1.807) is 0 Å². The van der Waals surface area contributed by atoms with Gasteiger partial charge in [-0.15, -0.1) is 0 Å². The summed E-state index contributed by atoms with van der Waals surface area (Å²) in [5.74, 6) is 0. The molecular weight excluding hydrogens is 266 g/mol. The first-order valence-corrected chi connectivity index (χ1v) is 5.89. The molecule has 16 heavy (non-hydrogen) atoms. The van der Waals surface area contributed by atoms with Gasteiger partial charge in [0.2, 0.25) is 0 Å². The van der Waals surface area contributed by atoms with Gasteiger partial charge in [0, 0.05) is 28.6 Å². The fraction of sp³-hybridized carbons (Fsp3) is 0.167. The minimum atomic E-state index is 0.530. The molecule has 0 fully saturated rings. The molecule has 2 rings (SSSR count). The van der Waals surface area contributed by atoms with Gasteiger partial charge in [-0.3, -0.25) is 0 Å². The second-order valence-corrected chi connectivity index (χ2v) is 4.51. The molecule has 4 heteroatoms. The van der Waals surface area contributed by atoms with E-state index in [0.29, 0.717) is 6.54 Å². The fourth-order valence-corrected chi connectivity index (χ4v) is 1.96. The largest absolute Gasteiger partial charge is 0.363 e. The summed E-state index contributed by atoms with van der Waals surface area (Å²) < 4.78 is 1.05. The molecule has 0 unspecified atom stereocenters. The van der Waals surface area contributed by atoms with E-state index in [1.807, 2.05) is 31.3 Å². The van der Waals surface area contributed by atoms with Crippen LogP contribution in [0, 0.1) is 6.92 Å². The van der Waals surface area contributed by atoms with Crippen molar-refractivity contribution in [2.24, 2.45) is 5.73 Å². The molecule has 4 N–H and O–H groups in total. The standard InChI is InChI=1S/C12H14BrN3/c1-8-12(4-5-15-8)16-10-2-3-11(13)9(6-10)7-14/h2-6,15-16H,7,14H2,1H3. The topological polar surface area (TPSA) is 53.8 Å². The Labute approximate surface area is 103 Å². The van der Waals surface area contributed by atoms with Crippen molar-refractivity contribution in [2.45, 2.75) is 13.5 Å². The van der Waals surface area contributed by atoms with Crippen molar-refractivity contribution in [3.05, 3.63) is 46.2 Å². The lowest BCUT2D eigenvalue weighted by molar-refractivity contribution is 1.06. The van der Waals surface area contributed by atoms with E-state index in [2.05, 4.69) is 32.3 Å². The number of H-pyrrole nitrogens is 1. The zero-order chi connectivity index (χ0) is 11.5. The van der Waals surface area contributed by atoms with E-state index in [1.165, 1.54) is 0 Å². The summed E-state index contributed by atoms with van der Waals surface area (Å²) >= 11 is 3.47. The van der Waals surface area contributed by atoms with E-state index < -0.39 is 0 Å². The molecule has 0 spiro atoms. The maximum absolute atomic E-state index is 5.66. The highest BCUT2D eigenvalue weighted by atomic mass is 79.9. The Morgan fingerprint density at radius 1 is 1.38 bits per heavy atom. The van der Waals surface area contributed by atoms with Crippen molar-refractivity contribution >= 4 is 27.3 Å². The molecule has 1 aromatic heterocycles. The van der Waals surface area contributed by atoms with Crippen LogP contribution in [-0.2, 0) is 6.54 Å². The molecule has 0 radical (unpaired) electrons. The Morgan fingerprint density at radius 3 is 2.81 bits per heavy atom. The van der Waals surface area contributed by atoms with Crippen LogP contribution >= 0.6 is 15.9 Å². The van der Waals surface area contributed by atoms with Crippen LogP contribution in [0.2, 0.25) is 0 Å². The summed E-state index contributed by atoms with van der Waals surface area (Å²) in [6.07, 6.45) is 1.92. The molecule has 0 aliphatic carbocycles. The number of hydrogen-bond donors (Lipinski definition) is 3. The number of halogens is 1. The highest BCUT2D eigenvalue weighted by Crippen LogP contribution is 2.24. The predicted octanol–water partition coefficient (Wildman–Crippen LogP) is 3.29. The fourth-order valence-electron chi connectivity index (χ4n) is 1.55. The number of aryl methyl sites for hydroxylation is 1. The average Bonchev–Trinajstić information content (AvgIpc) is 2.67. The zero-order valence-electron chi connectivity index (χ0n) is 9.05. The van der Waals surface area contributed by atoms with E-state index >= 15 is 0 Å². The Balaban J connectivity index is 2.25. The van der Waals surface area contributed by atoms with Gasteiger partial charge < -0.3 is 16.0 Å². The van der Waals surface area contributed by atoms with Gasteiger partial charge in [-0.25, -0.2) is 0 Å². The second kappa shape index (κ2) is 4.72. The molecule has 1 heterocycles. The first-order valence-electron chi connectivity index (χ1n) is 5.10. The normalized spacial score (nSPS) is 10.4. The summed E-state index contributed by atoms with van der Waals surface area (Å²) in [6.45, 7) is 2.56. The number of anilines is 2. The molecule has 0 saturated carbocycles. The minimum Gasteiger partial charge on any atom is -0.363 e. The maximum Gasteiger partial charge on any atom is 0.0592 e. The third-order valence-electron chi connectivity index (χ3n) is 2.50. The predicted molar refractivity (Wildman–Crippen MR) is 70.8 cm³/mol. The minimum absolute atomic E-state index is 0.530. The molecule has 1 aromatic carbocycles. The first-order chi connectivity index (χ1) is 7.70. The quantitative estimate of drug-likeness (QED) is 0.808. The lowest BCUT2D eigenvalue weighted by Crippen LogP contribution is -1.99. The molecule has 84 valence electrons. The van der Waals surface area contributed by atoms with Crippen LogP contribution in [0.5, 0.6) is 0 Å². The smallest absolute Gasteiger partial charge is 0.0592 e. The summed E-state index contributed by atoms with van der Waals surface area (Å²) in [4.78, 5) is 3.13. The maximum atomic E-state index is 5.66. The van der Waals surface area contributed by atoms with Gasteiger partial charge in [-0.05, 0) is 36.8 Å². The van der Waals surface area contributed by atoms with Crippen molar-refractivity contribution in [3.8, 4) is 0 Å². The molecule has 0 atom stereocenters. The van der Waals surface area contributed by atoms with E-state index in [0.717, 1.165) is 27.1 Å². The van der Waals surface area contributed by atoms with Crippen molar-refractivity contribution in [1.29, 1.82) is 0 Å². The van der Waals surface area contributed by atoms with Crippen molar-refractivity contribution < 1.29 is 0 Å². The third-order valence-corrected chi connectivity index (χ3v) is 3.27. The molecule has 0 aliphatic rings. The van der Waals surface area contributed by atoms with E-state index in [9.17, 15) is 0 Å². The number of hydrogen-bond acceptors (Lipinski definition) is 2. The van der Waals surface area contributed by atoms with Crippen LogP contribution in [0.25, 0.3) is 0 Å². The summed E-state index contributed by atoms with van der Waals surface area (Å²) in [6, 6.07) is 8.10. The van der Waals surface area contributed by atoms with Gasteiger partial charge in [0.15, 0.2) is 0 Å². The molecule has 0 bridgehead atoms. The summed E-state index contributed by atoms with van der Waals surface area (Å²) in [5, 5.41) is 3.35. The monoisotopic (exact) mass is 279 g/mol. The van der Waals surface area contributed by atoms with E-state index in [-0.39, 0.29) is 0 Å². The highest BCUT2D eigenvalue weighted by Gasteiger charge is 2.02. The van der Waals surface area contributed by atoms with Crippen LogP contribution in [0.3, 0.4) is 0 Å². The Kier molecular flexibility index (Phi) is 3.31. The van der Waals surface area contributed by atoms with Crippen molar-refractivity contribution in [1.82, 2.24) is 4.98 Å². The van der Waals surface area contributed by atoms with Gasteiger partial charge >= 0.3 is 0 Å². The number of aromatic nitrogens is 1. The van der Waals surface area contributed by atoms with Crippen molar-refractivity contribution in [3.63, 3.8) is 0 Å². The SMILES string of the molecule is Cc1[nH]ccc1Nc1ccc(Br)c(CN)c1. The number of aromatic amines is 1. The van der Waals surface area contributed by atoms with Crippen molar-refractivity contribution in [2.75, 3.05) is 5.32 Å². The van der Waals surface area contributed by atoms with Gasteiger partial charge in [-0.1, -0.05) is 15.9 Å². The Bertz CT molecular complexity index is 491. The molecule has 3 nitrogen and oxygen atoms in total. The highest BCUT2D eigenvalue weighted by molar-refractivity contribution is 9.10. The third kappa shape index (κ3) is 2.28. The molecular formula is C12H14BrN3. The van der Waals surface area contributed by atoms with Gasteiger partial charge in [0.05, 0.1) is 5.69 Å². The van der Waals surface area contributed by atoms with Crippen LogP contribution in [0.1, 0.15) is 11.3 Å². The van der Waals surface area contributed by atoms with Crippen LogP contribution in [-0.4, -0.2) is 4.98 Å². The zero-order valence-corrected chi connectivity index (χ0v) is 10.6. The van der Waals surface area contributed by atoms with Gasteiger partial charge in [0.25, 0.3) is 0 Å². The van der Waals surface area contributed by atoms with Gasteiger partial charge in [0.1, 0.15) is 0 Å². The summed E-state index contributed by atoms with van der Waals surface area (Å²) in [5.41, 5.74) is 10.0. The number of nitrogens with one attached hydrogen (secondary N) is 2. The van der Waals surface area contributed by atoms with Gasteiger partial charge in [-0.2, -0.15) is 0 Å². The molecule has 0 aliphatic heterocycles. The van der Waals surface area contributed by atoms with Crippen LogP contribution in [0.4, 0.5) is 11.4 Å². The average molecular weight is 280 g/mol.